The monoisotopic (exact) mass is 373 g/mol. The van der Waals surface area contributed by atoms with E-state index in [-0.39, 0.29) is 17.0 Å². The van der Waals surface area contributed by atoms with E-state index in [1.165, 1.54) is 23.3 Å². The molecular formula is C19H23N3O3S. The molecule has 1 aliphatic rings. The Morgan fingerprint density at radius 3 is 2.65 bits per heavy atom. The summed E-state index contributed by atoms with van der Waals surface area (Å²) >= 11 is 0.911. The Balaban J connectivity index is 1.64. The van der Waals surface area contributed by atoms with Gasteiger partial charge in [0, 0.05) is 31.7 Å². The summed E-state index contributed by atoms with van der Waals surface area (Å²) in [6.45, 7) is 6.71. The molecule has 0 spiro atoms. The van der Waals surface area contributed by atoms with Gasteiger partial charge < -0.3 is 5.32 Å². The zero-order chi connectivity index (χ0) is 18.7. The van der Waals surface area contributed by atoms with Crippen LogP contribution in [0.1, 0.15) is 34.6 Å². The van der Waals surface area contributed by atoms with Crippen LogP contribution in [0.25, 0.3) is 0 Å². The van der Waals surface area contributed by atoms with Gasteiger partial charge in [0.05, 0.1) is 9.80 Å². The fourth-order valence-corrected chi connectivity index (χ4v) is 4.16. The number of hydrogen-bond acceptors (Lipinski definition) is 5. The van der Waals surface area contributed by atoms with E-state index >= 15 is 0 Å². The Kier molecular flexibility index (Phi) is 5.68. The summed E-state index contributed by atoms with van der Waals surface area (Å²) in [6.07, 6.45) is 1.02. The van der Waals surface area contributed by atoms with Crippen molar-refractivity contribution in [2.75, 3.05) is 13.1 Å². The lowest BCUT2D eigenvalue weighted by Gasteiger charge is -2.38. The van der Waals surface area contributed by atoms with Crippen LogP contribution in [0, 0.1) is 16.0 Å². The van der Waals surface area contributed by atoms with Crippen LogP contribution in [0.4, 0.5) is 5.00 Å². The number of carbonyl (C=O) groups is 1. The van der Waals surface area contributed by atoms with Crippen molar-refractivity contribution in [3.05, 3.63) is 62.5 Å². The van der Waals surface area contributed by atoms with Gasteiger partial charge in [-0.15, -0.1) is 0 Å². The third-order valence-electron chi connectivity index (χ3n) is 4.87. The maximum Gasteiger partial charge on any atom is 0.324 e. The molecule has 1 aromatic heterocycles. The number of nitro groups is 1. The number of amides is 1. The summed E-state index contributed by atoms with van der Waals surface area (Å²) in [4.78, 5) is 25.5. The van der Waals surface area contributed by atoms with Gasteiger partial charge in [0.2, 0.25) is 0 Å². The lowest BCUT2D eigenvalue weighted by atomic mass is 9.95. The van der Waals surface area contributed by atoms with Crippen molar-refractivity contribution < 1.29 is 9.72 Å². The highest BCUT2D eigenvalue weighted by molar-refractivity contribution is 7.17. The van der Waals surface area contributed by atoms with E-state index in [0.717, 1.165) is 30.8 Å². The highest BCUT2D eigenvalue weighted by Crippen LogP contribution is 2.25. The topological polar surface area (TPSA) is 75.5 Å². The molecule has 1 unspecified atom stereocenters. The van der Waals surface area contributed by atoms with Crippen molar-refractivity contribution in [1.29, 1.82) is 0 Å². The number of hydrogen-bond donors (Lipinski definition) is 1. The number of carbonyl (C=O) groups excluding carboxylic acids is 1. The number of thiophene rings is 1. The lowest BCUT2D eigenvalue weighted by molar-refractivity contribution is -0.380. The average molecular weight is 373 g/mol. The molecule has 6 nitrogen and oxygen atoms in total. The van der Waals surface area contributed by atoms with E-state index in [2.05, 4.69) is 48.3 Å². The Labute approximate surface area is 157 Å². The second-order valence-electron chi connectivity index (χ2n) is 6.91. The van der Waals surface area contributed by atoms with Crippen LogP contribution < -0.4 is 5.32 Å². The maximum absolute atomic E-state index is 12.3. The predicted octanol–water partition coefficient (Wildman–Crippen LogP) is 3.47. The van der Waals surface area contributed by atoms with E-state index < -0.39 is 4.92 Å². The summed E-state index contributed by atoms with van der Waals surface area (Å²) in [5, 5.41) is 13.7. The molecule has 0 saturated carbocycles. The van der Waals surface area contributed by atoms with Crippen molar-refractivity contribution in [3.8, 4) is 0 Å². The quantitative estimate of drug-likeness (QED) is 0.621. The van der Waals surface area contributed by atoms with Gasteiger partial charge in [-0.1, -0.05) is 49.4 Å². The Morgan fingerprint density at radius 2 is 2.00 bits per heavy atom. The van der Waals surface area contributed by atoms with E-state index in [4.69, 9.17) is 0 Å². The van der Waals surface area contributed by atoms with Gasteiger partial charge in [0.25, 0.3) is 5.91 Å². The molecule has 2 aromatic rings. The van der Waals surface area contributed by atoms with Crippen molar-refractivity contribution in [3.63, 3.8) is 0 Å². The molecule has 1 aliphatic heterocycles. The number of nitrogens with one attached hydrogen (secondary N) is 1. The molecule has 26 heavy (non-hydrogen) atoms. The summed E-state index contributed by atoms with van der Waals surface area (Å²) in [5.41, 5.74) is 2.76. The normalized spacial score (nSPS) is 15.5. The van der Waals surface area contributed by atoms with Crippen LogP contribution >= 0.6 is 11.3 Å². The highest BCUT2D eigenvalue weighted by Gasteiger charge is 2.26. The van der Waals surface area contributed by atoms with E-state index in [1.807, 2.05) is 0 Å². The Hall–Kier alpha value is -2.25. The molecule has 138 valence electrons. The third kappa shape index (κ3) is 4.11. The van der Waals surface area contributed by atoms with Gasteiger partial charge >= 0.3 is 5.00 Å². The predicted molar refractivity (Wildman–Crippen MR) is 102 cm³/mol. The highest BCUT2D eigenvalue weighted by atomic mass is 32.1. The zero-order valence-corrected chi connectivity index (χ0v) is 15.8. The SMILES string of the molecule is CC(C)C(CNC(=O)c1ccc([N+](=O)[O-])s1)N1CCc2ccccc2C1. The maximum atomic E-state index is 12.3. The molecule has 1 amide bonds. The van der Waals surface area contributed by atoms with Crippen LogP contribution in [0.3, 0.4) is 0 Å². The van der Waals surface area contributed by atoms with Gasteiger partial charge in [-0.2, -0.15) is 0 Å². The van der Waals surface area contributed by atoms with Crippen LogP contribution in [-0.4, -0.2) is 34.9 Å². The molecule has 1 atom stereocenters. The largest absolute Gasteiger partial charge is 0.350 e. The number of rotatable bonds is 6. The molecule has 3 rings (SSSR count). The molecular weight excluding hydrogens is 350 g/mol. The molecule has 1 aromatic carbocycles. The Bertz CT molecular complexity index is 803. The fraction of sp³-hybridized carbons (Fsp3) is 0.421. The van der Waals surface area contributed by atoms with E-state index in [0.29, 0.717) is 17.3 Å². The molecule has 0 saturated heterocycles. The summed E-state index contributed by atoms with van der Waals surface area (Å²) in [6, 6.07) is 11.6. The second-order valence-corrected chi connectivity index (χ2v) is 7.97. The summed E-state index contributed by atoms with van der Waals surface area (Å²) in [7, 11) is 0. The van der Waals surface area contributed by atoms with Crippen molar-refractivity contribution in [2.45, 2.75) is 32.9 Å². The first-order chi connectivity index (χ1) is 12.5. The second kappa shape index (κ2) is 7.97. The van der Waals surface area contributed by atoms with E-state index in [9.17, 15) is 14.9 Å². The van der Waals surface area contributed by atoms with E-state index in [1.54, 1.807) is 0 Å². The number of nitrogens with zero attached hydrogens (tertiary/aromatic N) is 2. The molecule has 7 heteroatoms. The molecule has 0 fully saturated rings. The summed E-state index contributed by atoms with van der Waals surface area (Å²) < 4.78 is 0. The first-order valence-electron chi connectivity index (χ1n) is 8.79. The van der Waals surface area contributed by atoms with Gasteiger partial charge in [0.15, 0.2) is 0 Å². The molecule has 1 N–H and O–H groups in total. The smallest absolute Gasteiger partial charge is 0.324 e. The third-order valence-corrected chi connectivity index (χ3v) is 5.90. The minimum atomic E-state index is -0.469. The van der Waals surface area contributed by atoms with Crippen molar-refractivity contribution >= 4 is 22.2 Å². The van der Waals surface area contributed by atoms with Gasteiger partial charge in [-0.05, 0) is 29.5 Å². The first-order valence-corrected chi connectivity index (χ1v) is 9.60. The summed E-state index contributed by atoms with van der Waals surface area (Å²) in [5.74, 6) is 0.143. The fourth-order valence-electron chi connectivity index (χ4n) is 3.42. The minimum Gasteiger partial charge on any atom is -0.350 e. The molecule has 0 bridgehead atoms. The van der Waals surface area contributed by atoms with Crippen molar-refractivity contribution in [2.24, 2.45) is 5.92 Å². The average Bonchev–Trinajstić information content (AvgIpc) is 3.12. The number of fused-ring (bicyclic) bond motifs is 1. The van der Waals surface area contributed by atoms with Gasteiger partial charge in [-0.25, -0.2) is 0 Å². The van der Waals surface area contributed by atoms with Gasteiger partial charge in [0.1, 0.15) is 0 Å². The zero-order valence-electron chi connectivity index (χ0n) is 15.0. The van der Waals surface area contributed by atoms with Gasteiger partial charge in [-0.3, -0.25) is 19.8 Å². The van der Waals surface area contributed by atoms with Crippen LogP contribution in [0.15, 0.2) is 36.4 Å². The van der Waals surface area contributed by atoms with Crippen LogP contribution in [-0.2, 0) is 13.0 Å². The van der Waals surface area contributed by atoms with Crippen LogP contribution in [0.2, 0.25) is 0 Å². The van der Waals surface area contributed by atoms with Crippen LogP contribution in [0.5, 0.6) is 0 Å². The number of benzene rings is 1. The first kappa shape index (κ1) is 18.5. The minimum absolute atomic E-state index is 0.0109. The molecule has 0 aliphatic carbocycles. The lowest BCUT2D eigenvalue weighted by Crippen LogP contribution is -2.48. The molecule has 2 heterocycles. The Morgan fingerprint density at radius 1 is 1.27 bits per heavy atom. The standard InChI is InChI=1S/C19H23N3O3S/c1-13(2)16(21-10-9-14-5-3-4-6-15(14)12-21)11-20-19(23)17-7-8-18(26-17)22(24)25/h3-8,13,16H,9-12H2,1-2H3,(H,20,23). The van der Waals surface area contributed by atoms with Crippen molar-refractivity contribution in [1.82, 2.24) is 10.2 Å². The molecule has 0 radical (unpaired) electrons.